The number of hydrogen-bond acceptors (Lipinski definition) is 0. The first-order valence-corrected chi connectivity index (χ1v) is 19.0. The highest BCUT2D eigenvalue weighted by molar-refractivity contribution is 6.28. The summed E-state index contributed by atoms with van der Waals surface area (Å²) in [6.07, 6.45) is 0. The molecule has 0 amide bonds. The Labute approximate surface area is 320 Å². The first-order valence-electron chi connectivity index (χ1n) is 19.0. The average Bonchev–Trinajstić information content (AvgIpc) is 3.80. The van der Waals surface area contributed by atoms with E-state index in [9.17, 15) is 0 Å². The van der Waals surface area contributed by atoms with E-state index in [1.165, 1.54) is 105 Å². The van der Waals surface area contributed by atoms with E-state index in [2.05, 4.69) is 217 Å². The number of fused-ring (bicyclic) bond motifs is 6. The Morgan fingerprint density at radius 3 is 0.891 bits per heavy atom. The van der Waals surface area contributed by atoms with Crippen LogP contribution in [0.15, 0.2) is 212 Å². The van der Waals surface area contributed by atoms with Crippen molar-refractivity contribution in [1.29, 1.82) is 0 Å². The van der Waals surface area contributed by atoms with Crippen molar-refractivity contribution in [2.45, 2.75) is 0 Å². The van der Waals surface area contributed by atoms with Gasteiger partial charge in [0.05, 0.1) is 16.6 Å². The van der Waals surface area contributed by atoms with Crippen LogP contribution in [0.4, 0.5) is 0 Å². The fourth-order valence-electron chi connectivity index (χ4n) is 8.81. The Balaban J connectivity index is 1.16. The third-order valence-electron chi connectivity index (χ3n) is 11.3. The first kappa shape index (κ1) is 31.3. The van der Waals surface area contributed by atoms with Crippen LogP contribution in [0.2, 0.25) is 0 Å². The first-order chi connectivity index (χ1) is 27.3. The minimum absolute atomic E-state index is 1.22. The minimum Gasteiger partial charge on any atom is -0.308 e. The number of rotatable bonds is 6. The molecule has 0 fully saturated rings. The van der Waals surface area contributed by atoms with Gasteiger partial charge in [0.2, 0.25) is 0 Å². The van der Waals surface area contributed by atoms with E-state index in [4.69, 9.17) is 0 Å². The molecule has 1 nitrogen and oxygen atoms in total. The zero-order valence-electron chi connectivity index (χ0n) is 30.2. The SMILES string of the molecule is c1ccc(-c2cc(-c3ccccc3)cc(-c3cccc4c3c3cccc5c6c(-c7cc(-c8ccccc8)cc(-c8ccccc8)c7)cccc6n4c35)c2)cc1. The highest BCUT2D eigenvalue weighted by atomic mass is 14.9. The van der Waals surface area contributed by atoms with E-state index >= 15 is 0 Å². The second-order valence-corrected chi connectivity index (χ2v) is 14.5. The number of para-hydroxylation sites is 1. The average molecular weight is 698 g/mol. The molecule has 0 spiro atoms. The highest BCUT2D eigenvalue weighted by Gasteiger charge is 2.22. The minimum atomic E-state index is 1.22. The maximum absolute atomic E-state index is 2.51. The van der Waals surface area contributed by atoms with Gasteiger partial charge in [-0.05, 0) is 115 Å². The fraction of sp³-hybridized carbons (Fsp3) is 0. The molecule has 11 aromatic rings. The monoisotopic (exact) mass is 697 g/mol. The molecule has 0 atom stereocenters. The van der Waals surface area contributed by atoms with Crippen molar-refractivity contribution < 1.29 is 0 Å². The molecule has 55 heavy (non-hydrogen) atoms. The molecule has 0 aliphatic carbocycles. The largest absolute Gasteiger partial charge is 0.308 e. The van der Waals surface area contributed by atoms with Gasteiger partial charge in [-0.15, -0.1) is 0 Å². The molecule has 11 rings (SSSR count). The summed E-state index contributed by atoms with van der Waals surface area (Å²) in [5.41, 5.74) is 18.4. The second kappa shape index (κ2) is 12.7. The predicted octanol–water partition coefficient (Wildman–Crippen LogP) is 14.8. The van der Waals surface area contributed by atoms with Gasteiger partial charge in [0, 0.05) is 21.5 Å². The van der Waals surface area contributed by atoms with Gasteiger partial charge in [-0.2, -0.15) is 0 Å². The fourth-order valence-corrected chi connectivity index (χ4v) is 8.81. The van der Waals surface area contributed by atoms with Gasteiger partial charge in [-0.25, -0.2) is 0 Å². The lowest BCUT2D eigenvalue weighted by Gasteiger charge is -2.13. The van der Waals surface area contributed by atoms with Crippen molar-refractivity contribution in [3.8, 4) is 66.8 Å². The maximum Gasteiger partial charge on any atom is 0.0620 e. The number of nitrogens with zero attached hydrogens (tertiary/aromatic N) is 1. The molecule has 0 unspecified atom stereocenters. The van der Waals surface area contributed by atoms with Gasteiger partial charge < -0.3 is 4.40 Å². The molecule has 0 saturated heterocycles. The van der Waals surface area contributed by atoms with Crippen LogP contribution in [0.3, 0.4) is 0 Å². The third kappa shape index (κ3) is 5.16. The van der Waals surface area contributed by atoms with Crippen LogP contribution in [0.5, 0.6) is 0 Å². The quantitative estimate of drug-likeness (QED) is 0.163. The Morgan fingerprint density at radius 2 is 0.545 bits per heavy atom. The molecule has 0 saturated carbocycles. The van der Waals surface area contributed by atoms with Gasteiger partial charge in [0.15, 0.2) is 0 Å². The molecule has 2 aromatic heterocycles. The summed E-state index contributed by atoms with van der Waals surface area (Å²) in [7, 11) is 0. The van der Waals surface area contributed by atoms with E-state index in [1.54, 1.807) is 0 Å². The maximum atomic E-state index is 2.51. The molecular weight excluding hydrogens is 663 g/mol. The summed E-state index contributed by atoms with van der Waals surface area (Å²) >= 11 is 0. The molecule has 2 heterocycles. The molecule has 256 valence electrons. The highest BCUT2D eigenvalue weighted by Crippen LogP contribution is 2.46. The van der Waals surface area contributed by atoms with Crippen molar-refractivity contribution in [1.82, 2.24) is 4.40 Å². The number of aromatic nitrogens is 1. The summed E-state index contributed by atoms with van der Waals surface area (Å²) in [5.74, 6) is 0. The van der Waals surface area contributed by atoms with Gasteiger partial charge in [0.1, 0.15) is 0 Å². The molecule has 0 bridgehead atoms. The van der Waals surface area contributed by atoms with E-state index in [0.717, 1.165) is 0 Å². The van der Waals surface area contributed by atoms with E-state index in [0.29, 0.717) is 0 Å². The van der Waals surface area contributed by atoms with Gasteiger partial charge in [-0.3, -0.25) is 0 Å². The summed E-state index contributed by atoms with van der Waals surface area (Å²) in [6, 6.07) is 77.6. The molecule has 0 radical (unpaired) electrons. The van der Waals surface area contributed by atoms with Crippen LogP contribution in [0.25, 0.3) is 105 Å². The molecule has 9 aromatic carbocycles. The lowest BCUT2D eigenvalue weighted by Crippen LogP contribution is -1.88. The van der Waals surface area contributed by atoms with Crippen LogP contribution in [0.1, 0.15) is 0 Å². The summed E-state index contributed by atoms with van der Waals surface area (Å²) in [4.78, 5) is 0. The lowest BCUT2D eigenvalue weighted by molar-refractivity contribution is 1.37. The van der Waals surface area contributed by atoms with Crippen molar-refractivity contribution in [3.63, 3.8) is 0 Å². The third-order valence-corrected chi connectivity index (χ3v) is 11.3. The number of hydrogen-bond donors (Lipinski definition) is 0. The zero-order valence-corrected chi connectivity index (χ0v) is 30.2. The Kier molecular flexibility index (Phi) is 7.25. The standard InChI is InChI=1S/C54H35N/c1-5-16-36(17-6-1)40-30-41(37-18-7-2-8-19-37)33-44(32-40)46-24-14-28-50-52(46)48-26-13-27-49-53-47(25-15-29-51(53)55(50)54(48)49)45-34-42(38-20-9-3-10-21-38)31-43(35-45)39-22-11-4-12-23-39/h1-35H. The van der Waals surface area contributed by atoms with Gasteiger partial charge in [-0.1, -0.05) is 164 Å². The molecule has 1 heteroatoms. The van der Waals surface area contributed by atoms with Crippen molar-refractivity contribution in [2.24, 2.45) is 0 Å². The Hall–Kier alpha value is -7.22. The van der Waals surface area contributed by atoms with Crippen molar-refractivity contribution in [3.05, 3.63) is 212 Å². The molecule has 0 N–H and O–H groups in total. The lowest BCUT2D eigenvalue weighted by atomic mass is 9.90. The van der Waals surface area contributed by atoms with E-state index in [1.807, 2.05) is 0 Å². The van der Waals surface area contributed by atoms with Crippen LogP contribution in [0, 0.1) is 0 Å². The molecular formula is C54H35N. The Morgan fingerprint density at radius 1 is 0.236 bits per heavy atom. The predicted molar refractivity (Wildman–Crippen MR) is 234 cm³/mol. The summed E-state index contributed by atoms with van der Waals surface area (Å²) in [5, 5.41) is 5.13. The normalized spacial score (nSPS) is 11.6. The van der Waals surface area contributed by atoms with Crippen molar-refractivity contribution in [2.75, 3.05) is 0 Å². The van der Waals surface area contributed by atoms with Gasteiger partial charge in [0.25, 0.3) is 0 Å². The van der Waals surface area contributed by atoms with Crippen LogP contribution in [-0.4, -0.2) is 4.40 Å². The summed E-state index contributed by atoms with van der Waals surface area (Å²) < 4.78 is 2.51. The van der Waals surface area contributed by atoms with Crippen LogP contribution < -0.4 is 0 Å². The van der Waals surface area contributed by atoms with Gasteiger partial charge >= 0.3 is 0 Å². The zero-order chi connectivity index (χ0) is 36.3. The Bertz CT molecular complexity index is 2830. The summed E-state index contributed by atoms with van der Waals surface area (Å²) in [6.45, 7) is 0. The molecule has 0 aliphatic heterocycles. The smallest absolute Gasteiger partial charge is 0.0620 e. The van der Waals surface area contributed by atoms with Crippen molar-refractivity contribution >= 4 is 38.1 Å². The topological polar surface area (TPSA) is 4.41 Å². The number of benzene rings is 9. The van der Waals surface area contributed by atoms with Crippen LogP contribution in [-0.2, 0) is 0 Å². The molecule has 0 aliphatic rings. The second-order valence-electron chi connectivity index (χ2n) is 14.5. The van der Waals surface area contributed by atoms with E-state index < -0.39 is 0 Å². The van der Waals surface area contributed by atoms with E-state index in [-0.39, 0.29) is 0 Å². The van der Waals surface area contributed by atoms with Crippen LogP contribution >= 0.6 is 0 Å².